The topological polar surface area (TPSA) is 43.8 Å². The van der Waals surface area contributed by atoms with Gasteiger partial charge in [0.1, 0.15) is 0 Å². The molecule has 0 saturated carbocycles. The summed E-state index contributed by atoms with van der Waals surface area (Å²) in [6.45, 7) is 2.56. The molecule has 3 heteroatoms. The van der Waals surface area contributed by atoms with Crippen LogP contribution in [-0.2, 0) is 6.54 Å². The standard InChI is InChI=1S/C17H17N3/c1-13-7-5-6-10-15(13)16-12-19-20(17(16)11-18)14-8-3-2-4-9-14/h2-10,12H,11,18H2,1H3. The molecule has 1 heterocycles. The van der Waals surface area contributed by atoms with Gasteiger partial charge in [0.05, 0.1) is 17.6 Å². The Morgan fingerprint density at radius 1 is 0.950 bits per heavy atom. The second kappa shape index (κ2) is 5.31. The van der Waals surface area contributed by atoms with Crippen LogP contribution in [0, 0.1) is 6.92 Å². The van der Waals surface area contributed by atoms with Gasteiger partial charge in [0.25, 0.3) is 0 Å². The molecule has 0 aliphatic rings. The smallest absolute Gasteiger partial charge is 0.0656 e. The highest BCUT2D eigenvalue weighted by molar-refractivity contribution is 5.69. The number of nitrogens with two attached hydrogens (primary N) is 1. The summed E-state index contributed by atoms with van der Waals surface area (Å²) in [4.78, 5) is 0. The summed E-state index contributed by atoms with van der Waals surface area (Å²) in [6, 6.07) is 18.4. The Bertz CT molecular complexity index is 714. The van der Waals surface area contributed by atoms with Gasteiger partial charge in [-0.3, -0.25) is 0 Å². The third-order valence-electron chi connectivity index (χ3n) is 3.50. The molecule has 0 atom stereocenters. The zero-order valence-electron chi connectivity index (χ0n) is 11.5. The van der Waals surface area contributed by atoms with E-state index in [1.807, 2.05) is 53.3 Å². The monoisotopic (exact) mass is 263 g/mol. The fraction of sp³-hybridized carbons (Fsp3) is 0.118. The largest absolute Gasteiger partial charge is 0.325 e. The minimum absolute atomic E-state index is 0.457. The summed E-state index contributed by atoms with van der Waals surface area (Å²) >= 11 is 0. The van der Waals surface area contributed by atoms with E-state index in [9.17, 15) is 0 Å². The SMILES string of the molecule is Cc1ccccc1-c1cnn(-c2ccccc2)c1CN. The van der Waals surface area contributed by atoms with Crippen LogP contribution in [0.5, 0.6) is 0 Å². The molecular weight excluding hydrogens is 246 g/mol. The molecule has 0 aliphatic heterocycles. The van der Waals surface area contributed by atoms with Crippen molar-refractivity contribution in [3.63, 3.8) is 0 Å². The van der Waals surface area contributed by atoms with Crippen LogP contribution in [0.1, 0.15) is 11.3 Å². The lowest BCUT2D eigenvalue weighted by atomic mass is 10.0. The number of para-hydroxylation sites is 1. The molecule has 0 unspecified atom stereocenters. The Morgan fingerprint density at radius 2 is 1.65 bits per heavy atom. The Balaban J connectivity index is 2.16. The van der Waals surface area contributed by atoms with Gasteiger partial charge in [-0.25, -0.2) is 4.68 Å². The quantitative estimate of drug-likeness (QED) is 0.788. The van der Waals surface area contributed by atoms with Crippen LogP contribution < -0.4 is 5.73 Å². The van der Waals surface area contributed by atoms with Gasteiger partial charge in [-0.2, -0.15) is 5.10 Å². The maximum Gasteiger partial charge on any atom is 0.0656 e. The molecule has 100 valence electrons. The Kier molecular flexibility index (Phi) is 3.35. The predicted molar refractivity (Wildman–Crippen MR) is 81.6 cm³/mol. The summed E-state index contributed by atoms with van der Waals surface area (Å²) in [7, 11) is 0. The Hall–Kier alpha value is -2.39. The second-order valence-corrected chi connectivity index (χ2v) is 4.77. The summed E-state index contributed by atoms with van der Waals surface area (Å²) in [5, 5.41) is 4.51. The molecule has 0 aliphatic carbocycles. The molecule has 2 aromatic carbocycles. The molecule has 0 fully saturated rings. The number of nitrogens with zero attached hydrogens (tertiary/aromatic N) is 2. The number of hydrogen-bond acceptors (Lipinski definition) is 2. The van der Waals surface area contributed by atoms with Crippen LogP contribution in [0.3, 0.4) is 0 Å². The van der Waals surface area contributed by atoms with Crippen molar-refractivity contribution in [2.24, 2.45) is 5.73 Å². The van der Waals surface area contributed by atoms with E-state index in [1.54, 1.807) is 0 Å². The lowest BCUT2D eigenvalue weighted by molar-refractivity contribution is 0.804. The van der Waals surface area contributed by atoms with E-state index in [4.69, 9.17) is 5.73 Å². The minimum Gasteiger partial charge on any atom is -0.325 e. The number of aryl methyl sites for hydroxylation is 1. The van der Waals surface area contributed by atoms with Crippen molar-refractivity contribution in [3.05, 3.63) is 72.1 Å². The third kappa shape index (κ3) is 2.12. The van der Waals surface area contributed by atoms with Crippen LogP contribution in [0.2, 0.25) is 0 Å². The lowest BCUT2D eigenvalue weighted by Gasteiger charge is -2.09. The Morgan fingerprint density at radius 3 is 2.35 bits per heavy atom. The molecule has 3 rings (SSSR count). The zero-order valence-corrected chi connectivity index (χ0v) is 11.5. The van der Waals surface area contributed by atoms with Gasteiger partial charge in [0.15, 0.2) is 0 Å². The first-order chi connectivity index (χ1) is 9.81. The van der Waals surface area contributed by atoms with Crippen LogP contribution in [0.15, 0.2) is 60.8 Å². The number of benzene rings is 2. The van der Waals surface area contributed by atoms with Crippen LogP contribution in [0.4, 0.5) is 0 Å². The van der Waals surface area contributed by atoms with Crippen LogP contribution >= 0.6 is 0 Å². The average Bonchev–Trinajstić information content (AvgIpc) is 2.92. The van der Waals surface area contributed by atoms with Crippen LogP contribution in [-0.4, -0.2) is 9.78 Å². The highest BCUT2D eigenvalue weighted by Gasteiger charge is 2.13. The van der Waals surface area contributed by atoms with Gasteiger partial charge in [0, 0.05) is 12.1 Å². The van der Waals surface area contributed by atoms with Gasteiger partial charge in [-0.05, 0) is 30.2 Å². The van der Waals surface area contributed by atoms with Gasteiger partial charge >= 0.3 is 0 Å². The number of aromatic nitrogens is 2. The highest BCUT2D eigenvalue weighted by Crippen LogP contribution is 2.27. The van der Waals surface area contributed by atoms with E-state index in [2.05, 4.69) is 24.2 Å². The maximum atomic E-state index is 5.96. The second-order valence-electron chi connectivity index (χ2n) is 4.77. The highest BCUT2D eigenvalue weighted by atomic mass is 15.3. The van der Waals surface area contributed by atoms with Crippen LogP contribution in [0.25, 0.3) is 16.8 Å². The zero-order chi connectivity index (χ0) is 13.9. The van der Waals surface area contributed by atoms with E-state index in [0.717, 1.165) is 16.9 Å². The van der Waals surface area contributed by atoms with Gasteiger partial charge in [-0.15, -0.1) is 0 Å². The van der Waals surface area contributed by atoms with Gasteiger partial charge < -0.3 is 5.73 Å². The molecule has 1 aromatic heterocycles. The average molecular weight is 263 g/mol. The van der Waals surface area contributed by atoms with Crippen molar-refractivity contribution in [2.75, 3.05) is 0 Å². The van der Waals surface area contributed by atoms with Crippen molar-refractivity contribution in [3.8, 4) is 16.8 Å². The van der Waals surface area contributed by atoms with Gasteiger partial charge in [0.2, 0.25) is 0 Å². The molecule has 0 saturated heterocycles. The van der Waals surface area contributed by atoms with Crippen molar-refractivity contribution >= 4 is 0 Å². The number of rotatable bonds is 3. The molecule has 0 spiro atoms. The fourth-order valence-corrected chi connectivity index (χ4v) is 2.46. The van der Waals surface area contributed by atoms with Crippen molar-refractivity contribution in [2.45, 2.75) is 13.5 Å². The van der Waals surface area contributed by atoms with Gasteiger partial charge in [-0.1, -0.05) is 42.5 Å². The molecule has 0 amide bonds. The molecule has 0 radical (unpaired) electrons. The molecule has 20 heavy (non-hydrogen) atoms. The maximum absolute atomic E-state index is 5.96. The Labute approximate surface area is 118 Å². The van der Waals surface area contributed by atoms with E-state index in [1.165, 1.54) is 11.1 Å². The minimum atomic E-state index is 0.457. The summed E-state index contributed by atoms with van der Waals surface area (Å²) in [5.41, 5.74) is 11.6. The lowest BCUT2D eigenvalue weighted by Crippen LogP contribution is -2.07. The van der Waals surface area contributed by atoms with E-state index >= 15 is 0 Å². The normalized spacial score (nSPS) is 10.7. The molecule has 3 nitrogen and oxygen atoms in total. The van der Waals surface area contributed by atoms with Crippen molar-refractivity contribution in [1.29, 1.82) is 0 Å². The van der Waals surface area contributed by atoms with E-state index in [0.29, 0.717) is 6.54 Å². The van der Waals surface area contributed by atoms with Crippen molar-refractivity contribution in [1.82, 2.24) is 9.78 Å². The first kappa shape index (κ1) is 12.6. The van der Waals surface area contributed by atoms with E-state index in [-0.39, 0.29) is 0 Å². The predicted octanol–water partition coefficient (Wildman–Crippen LogP) is 3.31. The summed E-state index contributed by atoms with van der Waals surface area (Å²) in [6.07, 6.45) is 1.90. The molecule has 2 N–H and O–H groups in total. The summed E-state index contributed by atoms with van der Waals surface area (Å²) < 4.78 is 1.92. The van der Waals surface area contributed by atoms with E-state index < -0.39 is 0 Å². The third-order valence-corrected chi connectivity index (χ3v) is 3.50. The molecular formula is C17H17N3. The first-order valence-electron chi connectivity index (χ1n) is 6.69. The molecule has 0 bridgehead atoms. The summed E-state index contributed by atoms with van der Waals surface area (Å²) in [5.74, 6) is 0. The fourth-order valence-electron chi connectivity index (χ4n) is 2.46. The molecule has 3 aromatic rings. The first-order valence-corrected chi connectivity index (χ1v) is 6.69. The number of hydrogen-bond donors (Lipinski definition) is 1. The van der Waals surface area contributed by atoms with Crippen molar-refractivity contribution < 1.29 is 0 Å².